The molecule has 4 nitrogen and oxygen atoms in total. The number of halogens is 3. The maximum absolute atomic E-state index is 14.5. The number of thiazole rings is 1. The minimum Gasteiger partial charge on any atom is -0.489 e. The number of rotatable bonds is 6. The van der Waals surface area contributed by atoms with E-state index in [1.54, 1.807) is 5.38 Å². The predicted molar refractivity (Wildman–Crippen MR) is 98.7 cm³/mol. The van der Waals surface area contributed by atoms with Gasteiger partial charge in [0.15, 0.2) is 0 Å². The van der Waals surface area contributed by atoms with Crippen LogP contribution in [-0.2, 0) is 6.61 Å². The maximum atomic E-state index is 14.5. The molecule has 0 atom stereocenters. The topological polar surface area (TPSA) is 51.2 Å². The number of nitrogens with one attached hydrogen (secondary N) is 1. The van der Waals surface area contributed by atoms with Crippen molar-refractivity contribution in [2.75, 3.05) is 0 Å². The molecule has 1 fully saturated rings. The molecule has 4 rings (SSSR count). The van der Waals surface area contributed by atoms with Crippen molar-refractivity contribution in [1.82, 2.24) is 10.3 Å². The third-order valence-electron chi connectivity index (χ3n) is 4.27. The highest BCUT2D eigenvalue weighted by molar-refractivity contribution is 7.13. The SMILES string of the molecule is O=C(NC1CC1)c1csc(-c2ccc(OCc3c(F)cccc3F)cc2F)n1. The van der Waals surface area contributed by atoms with Crippen molar-refractivity contribution in [2.45, 2.75) is 25.5 Å². The van der Waals surface area contributed by atoms with Gasteiger partial charge in [0.1, 0.15) is 40.5 Å². The van der Waals surface area contributed by atoms with Crippen molar-refractivity contribution < 1.29 is 22.7 Å². The molecule has 1 saturated carbocycles. The van der Waals surface area contributed by atoms with Gasteiger partial charge in [-0.2, -0.15) is 0 Å². The average molecular weight is 404 g/mol. The van der Waals surface area contributed by atoms with E-state index in [4.69, 9.17) is 4.74 Å². The van der Waals surface area contributed by atoms with Crippen molar-refractivity contribution in [3.05, 3.63) is 70.5 Å². The third kappa shape index (κ3) is 4.01. The highest BCUT2D eigenvalue weighted by atomic mass is 32.1. The summed E-state index contributed by atoms with van der Waals surface area (Å²) >= 11 is 1.16. The summed E-state index contributed by atoms with van der Waals surface area (Å²) in [5, 5.41) is 4.78. The molecule has 28 heavy (non-hydrogen) atoms. The number of ether oxygens (including phenoxy) is 1. The van der Waals surface area contributed by atoms with Crippen molar-refractivity contribution in [3.8, 4) is 16.3 Å². The summed E-state index contributed by atoms with van der Waals surface area (Å²) in [4.78, 5) is 16.2. The lowest BCUT2D eigenvalue weighted by Crippen LogP contribution is -2.25. The van der Waals surface area contributed by atoms with Crippen LogP contribution in [0.5, 0.6) is 5.75 Å². The summed E-state index contributed by atoms with van der Waals surface area (Å²) in [5.74, 6) is -2.19. The molecule has 1 N–H and O–H groups in total. The van der Waals surface area contributed by atoms with Crippen LogP contribution in [0, 0.1) is 17.5 Å². The summed E-state index contributed by atoms with van der Waals surface area (Å²) < 4.78 is 47.1. The van der Waals surface area contributed by atoms with Crippen LogP contribution in [0.25, 0.3) is 10.6 Å². The second-order valence-corrected chi connectivity index (χ2v) is 7.27. The molecular formula is C20H15F3N2O2S. The second kappa shape index (κ2) is 7.63. The monoisotopic (exact) mass is 404 g/mol. The molecule has 1 aliphatic rings. The van der Waals surface area contributed by atoms with Gasteiger partial charge in [0.05, 0.1) is 5.56 Å². The molecule has 0 saturated heterocycles. The number of aromatic nitrogens is 1. The zero-order chi connectivity index (χ0) is 19.7. The van der Waals surface area contributed by atoms with Crippen molar-refractivity contribution >= 4 is 17.2 Å². The molecule has 3 aromatic rings. The summed E-state index contributed by atoms with van der Waals surface area (Å²) in [5.41, 5.74) is 0.250. The Morgan fingerprint density at radius 3 is 2.57 bits per heavy atom. The Kier molecular flexibility index (Phi) is 5.04. The largest absolute Gasteiger partial charge is 0.489 e. The smallest absolute Gasteiger partial charge is 0.270 e. The average Bonchev–Trinajstić information content (AvgIpc) is 3.34. The Labute approximate surface area is 163 Å². The fourth-order valence-corrected chi connectivity index (χ4v) is 3.40. The zero-order valence-electron chi connectivity index (χ0n) is 14.5. The van der Waals surface area contributed by atoms with Gasteiger partial charge < -0.3 is 10.1 Å². The van der Waals surface area contributed by atoms with Gasteiger partial charge in [-0.1, -0.05) is 6.07 Å². The second-order valence-electron chi connectivity index (χ2n) is 6.42. The Bertz CT molecular complexity index is 1010. The first-order valence-electron chi connectivity index (χ1n) is 8.63. The van der Waals surface area contributed by atoms with Crippen molar-refractivity contribution in [3.63, 3.8) is 0 Å². The zero-order valence-corrected chi connectivity index (χ0v) is 15.4. The lowest BCUT2D eigenvalue weighted by atomic mass is 10.2. The van der Waals surface area contributed by atoms with Gasteiger partial charge in [0.25, 0.3) is 5.91 Å². The van der Waals surface area contributed by atoms with Gasteiger partial charge in [-0.25, -0.2) is 18.2 Å². The molecule has 1 heterocycles. The molecule has 1 aliphatic carbocycles. The Morgan fingerprint density at radius 2 is 1.89 bits per heavy atom. The standard InChI is InChI=1S/C20H15F3N2O2S/c21-15-2-1-3-16(22)14(15)9-27-12-6-7-13(17(23)8-12)20-25-18(10-28-20)19(26)24-11-4-5-11/h1-3,6-8,10-11H,4-5,9H2,(H,24,26). The molecule has 144 valence electrons. The van der Waals surface area contributed by atoms with Crippen LogP contribution in [0.3, 0.4) is 0 Å². The number of benzene rings is 2. The van der Waals surface area contributed by atoms with Gasteiger partial charge in [-0.3, -0.25) is 4.79 Å². The first kappa shape index (κ1) is 18.5. The van der Waals surface area contributed by atoms with Crippen LogP contribution in [0.15, 0.2) is 41.8 Å². The Hall–Kier alpha value is -2.87. The van der Waals surface area contributed by atoms with Gasteiger partial charge >= 0.3 is 0 Å². The molecule has 1 amide bonds. The quantitative estimate of drug-likeness (QED) is 0.648. The van der Waals surface area contributed by atoms with E-state index in [-0.39, 0.29) is 41.1 Å². The van der Waals surface area contributed by atoms with Gasteiger partial charge in [-0.15, -0.1) is 11.3 Å². The van der Waals surface area contributed by atoms with Crippen LogP contribution >= 0.6 is 11.3 Å². The van der Waals surface area contributed by atoms with Crippen LogP contribution in [0.4, 0.5) is 13.2 Å². The number of nitrogens with zero attached hydrogens (tertiary/aromatic N) is 1. The molecule has 8 heteroatoms. The third-order valence-corrected chi connectivity index (χ3v) is 5.14. The lowest BCUT2D eigenvalue weighted by Gasteiger charge is -2.09. The maximum Gasteiger partial charge on any atom is 0.270 e. The van der Waals surface area contributed by atoms with Gasteiger partial charge in [0.2, 0.25) is 0 Å². The van der Waals surface area contributed by atoms with E-state index in [9.17, 15) is 18.0 Å². The van der Waals surface area contributed by atoms with Crippen LogP contribution < -0.4 is 10.1 Å². The molecule has 0 unspecified atom stereocenters. The van der Waals surface area contributed by atoms with Crippen LogP contribution in [-0.4, -0.2) is 16.9 Å². The molecule has 0 aliphatic heterocycles. The molecular weight excluding hydrogens is 389 g/mol. The Morgan fingerprint density at radius 1 is 1.14 bits per heavy atom. The predicted octanol–water partition coefficient (Wildman–Crippen LogP) is 4.70. The number of amides is 1. The van der Waals surface area contributed by atoms with E-state index in [2.05, 4.69) is 10.3 Å². The first-order valence-corrected chi connectivity index (χ1v) is 9.51. The summed E-state index contributed by atoms with van der Waals surface area (Å²) in [7, 11) is 0. The minimum absolute atomic E-state index is 0.132. The highest BCUT2D eigenvalue weighted by Crippen LogP contribution is 2.30. The fraction of sp³-hybridized carbons (Fsp3) is 0.200. The Balaban J connectivity index is 1.47. The highest BCUT2D eigenvalue weighted by Gasteiger charge is 2.25. The molecule has 0 bridgehead atoms. The lowest BCUT2D eigenvalue weighted by molar-refractivity contribution is 0.0947. The number of carbonyl (C=O) groups excluding carboxylic acids is 1. The summed E-state index contributed by atoms with van der Waals surface area (Å²) in [6.07, 6.45) is 1.94. The van der Waals surface area contributed by atoms with E-state index in [0.29, 0.717) is 5.01 Å². The molecule has 1 aromatic heterocycles. The van der Waals surface area contributed by atoms with Gasteiger partial charge in [-0.05, 0) is 37.1 Å². The van der Waals surface area contributed by atoms with Crippen molar-refractivity contribution in [1.29, 1.82) is 0 Å². The van der Waals surface area contributed by atoms with Crippen molar-refractivity contribution in [2.24, 2.45) is 0 Å². The van der Waals surface area contributed by atoms with Crippen LogP contribution in [0.2, 0.25) is 0 Å². The van der Waals surface area contributed by atoms with Crippen LogP contribution in [0.1, 0.15) is 28.9 Å². The van der Waals surface area contributed by atoms with E-state index < -0.39 is 17.5 Å². The normalized spacial score (nSPS) is 13.4. The number of hydrogen-bond acceptors (Lipinski definition) is 4. The molecule has 0 spiro atoms. The number of carbonyl (C=O) groups is 1. The van der Waals surface area contributed by atoms with E-state index >= 15 is 0 Å². The fourth-order valence-electron chi connectivity index (χ4n) is 2.57. The molecule has 2 aromatic carbocycles. The van der Waals surface area contributed by atoms with Gasteiger partial charge in [0, 0.05) is 23.1 Å². The summed E-state index contributed by atoms with van der Waals surface area (Å²) in [6.45, 7) is -0.361. The first-order chi connectivity index (χ1) is 13.5. The van der Waals surface area contributed by atoms with E-state index in [0.717, 1.165) is 42.4 Å². The van der Waals surface area contributed by atoms with E-state index in [1.807, 2.05) is 0 Å². The minimum atomic E-state index is -0.725. The number of hydrogen-bond donors (Lipinski definition) is 1. The summed E-state index contributed by atoms with van der Waals surface area (Å²) in [6, 6.07) is 7.81. The molecule has 0 radical (unpaired) electrons. The van der Waals surface area contributed by atoms with E-state index in [1.165, 1.54) is 18.2 Å².